The van der Waals surface area contributed by atoms with Crippen molar-refractivity contribution >= 4 is 57.8 Å². The molecule has 4 rings (SSSR count). The van der Waals surface area contributed by atoms with Crippen LogP contribution in [-0.2, 0) is 9.47 Å². The lowest BCUT2D eigenvalue weighted by Gasteiger charge is -2.17. The van der Waals surface area contributed by atoms with Crippen LogP contribution in [0.25, 0.3) is 11.0 Å². The van der Waals surface area contributed by atoms with E-state index in [2.05, 4.69) is 20.3 Å². The van der Waals surface area contributed by atoms with Gasteiger partial charge in [-0.3, -0.25) is 15.1 Å². The molecule has 8 nitrogen and oxygen atoms in total. The largest absolute Gasteiger partial charge is 0.447 e. The van der Waals surface area contributed by atoms with Gasteiger partial charge >= 0.3 is 6.09 Å². The number of rotatable bonds is 5. The van der Waals surface area contributed by atoms with E-state index in [9.17, 15) is 9.59 Å². The Morgan fingerprint density at radius 3 is 2.70 bits per heavy atom. The lowest BCUT2D eigenvalue weighted by molar-refractivity contribution is 0.1000. The monoisotopic (exact) mass is 446 g/mol. The van der Waals surface area contributed by atoms with Crippen molar-refractivity contribution in [1.29, 1.82) is 0 Å². The van der Waals surface area contributed by atoms with Crippen LogP contribution in [0.2, 0.25) is 10.0 Å². The Morgan fingerprint density at radius 2 is 1.93 bits per heavy atom. The van der Waals surface area contributed by atoms with Crippen LogP contribution in [0.15, 0.2) is 35.3 Å². The van der Waals surface area contributed by atoms with Gasteiger partial charge in [-0.15, -0.1) is 0 Å². The molecule has 0 saturated carbocycles. The topological polar surface area (TPSA) is 106 Å². The van der Waals surface area contributed by atoms with Crippen LogP contribution in [0.3, 0.4) is 0 Å². The second kappa shape index (κ2) is 8.43. The van der Waals surface area contributed by atoms with E-state index < -0.39 is 6.09 Å². The molecule has 1 aliphatic rings. The number of carbonyl (C=O) groups excluding carboxylic acids is 2. The first-order valence-corrected chi connectivity index (χ1v) is 9.72. The number of Topliss-reactive ketones (excluding diaryl/α,β-unsaturated/α-hetero) is 1. The number of ether oxygens (including phenoxy) is 2. The number of aromatic nitrogens is 2. The van der Waals surface area contributed by atoms with Gasteiger partial charge in [-0.1, -0.05) is 29.3 Å². The predicted molar refractivity (Wildman–Crippen MR) is 114 cm³/mol. The maximum absolute atomic E-state index is 12.3. The fraction of sp³-hybridized carbons (Fsp3) is 0.200. The Kier molecular flexibility index (Phi) is 5.72. The Hall–Kier alpha value is -2.94. The molecule has 1 aliphatic heterocycles. The highest BCUT2D eigenvalue weighted by Crippen LogP contribution is 2.30. The average Bonchev–Trinajstić information content (AvgIpc) is 3.11. The minimum atomic E-state index is -0.637. The molecule has 154 valence electrons. The molecule has 0 spiro atoms. The summed E-state index contributed by atoms with van der Waals surface area (Å²) in [6.07, 6.45) is -0.637. The van der Waals surface area contributed by atoms with Crippen molar-refractivity contribution in [3.05, 3.63) is 57.1 Å². The summed E-state index contributed by atoms with van der Waals surface area (Å²) in [7, 11) is 1.52. The molecular formula is C20H16Cl2N4O4. The third kappa shape index (κ3) is 4.02. The maximum atomic E-state index is 12.3. The summed E-state index contributed by atoms with van der Waals surface area (Å²) in [5.74, 6) is 0.133. The molecule has 0 radical (unpaired) electrons. The average molecular weight is 447 g/mol. The zero-order valence-electron chi connectivity index (χ0n) is 15.8. The van der Waals surface area contributed by atoms with Crippen molar-refractivity contribution in [1.82, 2.24) is 9.97 Å². The van der Waals surface area contributed by atoms with Crippen molar-refractivity contribution in [3.8, 4) is 0 Å². The quantitative estimate of drug-likeness (QED) is 0.573. The molecule has 0 saturated heterocycles. The standard InChI is InChI=1S/C20H16Cl2N4O4/c1-29-4-5-30-20(28)26-19-24-15-3-2-10(6-16(15)25-19)18-12-8-14(22)13(21)7-11(12)17(27)9-23-18/h2-3,6-8H,4-5,9H2,1H3,(H2,24,25,26,28). The number of imidazole rings is 1. The summed E-state index contributed by atoms with van der Waals surface area (Å²) in [5, 5.41) is 3.20. The molecule has 0 unspecified atom stereocenters. The van der Waals surface area contributed by atoms with Gasteiger partial charge in [-0.05, 0) is 24.3 Å². The third-order valence-corrected chi connectivity index (χ3v) is 5.22. The van der Waals surface area contributed by atoms with Gasteiger partial charge in [0.25, 0.3) is 0 Å². The van der Waals surface area contributed by atoms with Crippen LogP contribution in [-0.4, -0.2) is 54.4 Å². The summed E-state index contributed by atoms with van der Waals surface area (Å²) in [5.41, 5.74) is 3.84. The molecule has 0 aliphatic carbocycles. The number of anilines is 1. The van der Waals surface area contributed by atoms with E-state index in [0.717, 1.165) is 5.56 Å². The first-order valence-electron chi connectivity index (χ1n) is 8.96. The number of hydrogen-bond acceptors (Lipinski definition) is 6. The molecular weight excluding hydrogens is 431 g/mol. The van der Waals surface area contributed by atoms with Crippen molar-refractivity contribution in [2.45, 2.75) is 0 Å². The van der Waals surface area contributed by atoms with Gasteiger partial charge in [-0.2, -0.15) is 0 Å². The van der Waals surface area contributed by atoms with E-state index in [4.69, 9.17) is 32.7 Å². The van der Waals surface area contributed by atoms with Gasteiger partial charge in [-0.25, -0.2) is 9.78 Å². The van der Waals surface area contributed by atoms with Crippen molar-refractivity contribution in [2.75, 3.05) is 32.2 Å². The van der Waals surface area contributed by atoms with E-state index >= 15 is 0 Å². The maximum Gasteiger partial charge on any atom is 0.414 e. The van der Waals surface area contributed by atoms with Crippen molar-refractivity contribution in [2.24, 2.45) is 4.99 Å². The van der Waals surface area contributed by atoms with Crippen LogP contribution >= 0.6 is 23.2 Å². The third-order valence-electron chi connectivity index (χ3n) is 4.49. The number of nitrogens with zero attached hydrogens (tertiary/aromatic N) is 2. The number of benzene rings is 2. The number of aromatic amines is 1. The summed E-state index contributed by atoms with van der Waals surface area (Å²) >= 11 is 12.2. The van der Waals surface area contributed by atoms with E-state index in [-0.39, 0.29) is 24.9 Å². The van der Waals surface area contributed by atoms with Gasteiger partial charge in [0.1, 0.15) is 13.2 Å². The Balaban J connectivity index is 1.63. The predicted octanol–water partition coefficient (Wildman–Crippen LogP) is 4.10. The molecule has 2 aromatic carbocycles. The van der Waals surface area contributed by atoms with Gasteiger partial charge < -0.3 is 14.5 Å². The van der Waals surface area contributed by atoms with Crippen LogP contribution in [0.5, 0.6) is 0 Å². The van der Waals surface area contributed by atoms with Crippen molar-refractivity contribution in [3.63, 3.8) is 0 Å². The number of halogens is 2. The van der Waals surface area contributed by atoms with Crippen LogP contribution in [0.4, 0.5) is 10.7 Å². The normalized spacial score (nSPS) is 13.2. The summed E-state index contributed by atoms with van der Waals surface area (Å²) < 4.78 is 9.79. The lowest BCUT2D eigenvalue weighted by atomic mass is 9.92. The first-order chi connectivity index (χ1) is 14.5. The smallest absolute Gasteiger partial charge is 0.414 e. The molecule has 3 aromatic rings. The summed E-state index contributed by atoms with van der Waals surface area (Å²) in [4.78, 5) is 35.8. The second-order valence-electron chi connectivity index (χ2n) is 6.47. The minimum Gasteiger partial charge on any atom is -0.447 e. The molecule has 0 bridgehead atoms. The zero-order valence-corrected chi connectivity index (χ0v) is 17.3. The SMILES string of the molecule is COCCOC(=O)Nc1nc2ccc(C3=NCC(=O)c4cc(Cl)c(Cl)cc43)cc2[nH]1. The molecule has 10 heteroatoms. The summed E-state index contributed by atoms with van der Waals surface area (Å²) in [6, 6.07) is 8.69. The minimum absolute atomic E-state index is 0.0292. The molecule has 0 fully saturated rings. The lowest BCUT2D eigenvalue weighted by Crippen LogP contribution is -2.20. The number of carbonyl (C=O) groups is 2. The number of amides is 1. The van der Waals surface area contributed by atoms with E-state index in [1.807, 2.05) is 12.1 Å². The highest BCUT2D eigenvalue weighted by molar-refractivity contribution is 6.43. The number of H-pyrrole nitrogens is 1. The van der Waals surface area contributed by atoms with Gasteiger partial charge in [0.2, 0.25) is 5.95 Å². The molecule has 1 amide bonds. The van der Waals surface area contributed by atoms with Gasteiger partial charge in [0.15, 0.2) is 5.78 Å². The number of fused-ring (bicyclic) bond motifs is 2. The number of hydrogen-bond donors (Lipinski definition) is 2. The number of methoxy groups -OCH3 is 1. The number of ketones is 1. The Bertz CT molecular complexity index is 1190. The van der Waals surface area contributed by atoms with Gasteiger partial charge in [0, 0.05) is 23.8 Å². The van der Waals surface area contributed by atoms with Crippen LogP contribution in [0, 0.1) is 0 Å². The molecule has 2 N–H and O–H groups in total. The zero-order chi connectivity index (χ0) is 21.3. The fourth-order valence-corrected chi connectivity index (χ4v) is 3.44. The second-order valence-corrected chi connectivity index (χ2v) is 7.29. The highest BCUT2D eigenvalue weighted by Gasteiger charge is 2.23. The van der Waals surface area contributed by atoms with E-state index in [0.29, 0.717) is 44.5 Å². The van der Waals surface area contributed by atoms with E-state index in [1.165, 1.54) is 7.11 Å². The molecule has 1 aromatic heterocycles. The molecule has 0 atom stereocenters. The van der Waals surface area contributed by atoms with Crippen LogP contribution in [0.1, 0.15) is 21.5 Å². The highest BCUT2D eigenvalue weighted by atomic mass is 35.5. The van der Waals surface area contributed by atoms with Gasteiger partial charge in [0.05, 0.1) is 33.4 Å². The van der Waals surface area contributed by atoms with Crippen LogP contribution < -0.4 is 5.32 Å². The number of nitrogens with one attached hydrogen (secondary N) is 2. The summed E-state index contributed by atoms with van der Waals surface area (Å²) in [6.45, 7) is 0.469. The fourth-order valence-electron chi connectivity index (χ4n) is 3.11. The number of aliphatic imine (C=N–C) groups is 1. The van der Waals surface area contributed by atoms with E-state index in [1.54, 1.807) is 18.2 Å². The Labute approximate surface area is 181 Å². The van der Waals surface area contributed by atoms with Crippen molar-refractivity contribution < 1.29 is 19.1 Å². The Morgan fingerprint density at radius 1 is 1.17 bits per heavy atom. The first kappa shape index (κ1) is 20.3. The molecule has 2 heterocycles. The molecule has 30 heavy (non-hydrogen) atoms.